The highest BCUT2D eigenvalue weighted by atomic mass is 16.2. The quantitative estimate of drug-likeness (QED) is 0.926. The molecule has 1 amide bonds. The number of carbonyl (C=O) groups is 1. The van der Waals surface area contributed by atoms with Gasteiger partial charge in [-0.15, -0.1) is 0 Å². The number of aromatic nitrogens is 2. The average molecular weight is 290 g/mol. The molecule has 1 heterocycles. The van der Waals surface area contributed by atoms with Crippen LogP contribution in [0.25, 0.3) is 0 Å². The zero-order chi connectivity index (χ0) is 15.4. The zero-order valence-electron chi connectivity index (χ0n) is 13.5. The van der Waals surface area contributed by atoms with E-state index in [1.165, 1.54) is 0 Å². The number of nitrogens with one attached hydrogen (secondary N) is 1. The first-order chi connectivity index (χ1) is 9.97. The van der Waals surface area contributed by atoms with Gasteiger partial charge in [-0.05, 0) is 31.6 Å². The highest BCUT2D eigenvalue weighted by Crippen LogP contribution is 2.25. The summed E-state index contributed by atoms with van der Waals surface area (Å²) >= 11 is 0. The predicted octanol–water partition coefficient (Wildman–Crippen LogP) is 2.80. The van der Waals surface area contributed by atoms with E-state index in [1.807, 2.05) is 18.0 Å². The molecule has 21 heavy (non-hydrogen) atoms. The Labute approximate surface area is 127 Å². The minimum atomic E-state index is 0.156. The molecule has 1 aromatic rings. The number of rotatable bonds is 4. The van der Waals surface area contributed by atoms with Crippen molar-refractivity contribution < 1.29 is 4.79 Å². The molecule has 0 unspecified atom stereocenters. The molecular weight excluding hydrogens is 264 g/mol. The van der Waals surface area contributed by atoms with E-state index in [-0.39, 0.29) is 5.91 Å². The molecule has 1 aliphatic rings. The molecule has 1 N–H and O–H groups in total. The molecule has 0 aliphatic heterocycles. The maximum Gasteiger partial charge on any atom is 0.219 e. The Morgan fingerprint density at radius 2 is 1.95 bits per heavy atom. The van der Waals surface area contributed by atoms with E-state index >= 15 is 0 Å². The molecule has 2 rings (SSSR count). The van der Waals surface area contributed by atoms with E-state index in [1.54, 1.807) is 13.3 Å². The predicted molar refractivity (Wildman–Crippen MR) is 84.2 cm³/mol. The van der Waals surface area contributed by atoms with Gasteiger partial charge in [-0.3, -0.25) is 4.79 Å². The summed E-state index contributed by atoms with van der Waals surface area (Å²) in [5.74, 6) is 1.48. The maximum atomic E-state index is 11.4. The second-order valence-corrected chi connectivity index (χ2v) is 6.26. The second-order valence-electron chi connectivity index (χ2n) is 6.26. The minimum Gasteiger partial charge on any atom is -0.367 e. The van der Waals surface area contributed by atoms with Crippen LogP contribution in [0.2, 0.25) is 0 Å². The molecule has 5 nitrogen and oxygen atoms in total. The summed E-state index contributed by atoms with van der Waals surface area (Å²) in [6.07, 6.45) is 5.88. The summed E-state index contributed by atoms with van der Waals surface area (Å²) in [6.45, 7) is 5.91. The number of nitrogens with zero attached hydrogens (tertiary/aromatic N) is 3. The third-order valence-corrected chi connectivity index (χ3v) is 4.37. The smallest absolute Gasteiger partial charge is 0.219 e. The molecule has 1 fully saturated rings. The van der Waals surface area contributed by atoms with Crippen LogP contribution in [0.15, 0.2) is 12.4 Å². The lowest BCUT2D eigenvalue weighted by Gasteiger charge is -2.34. The monoisotopic (exact) mass is 290 g/mol. The van der Waals surface area contributed by atoms with Gasteiger partial charge in [-0.1, -0.05) is 13.8 Å². The second kappa shape index (κ2) is 6.87. The Bertz CT molecular complexity index is 481. The summed E-state index contributed by atoms with van der Waals surface area (Å²) in [5, 5.41) is 3.51. The highest BCUT2D eigenvalue weighted by molar-refractivity contribution is 5.73. The fourth-order valence-electron chi connectivity index (χ4n) is 2.84. The van der Waals surface area contributed by atoms with E-state index in [0.717, 1.165) is 37.2 Å². The van der Waals surface area contributed by atoms with Gasteiger partial charge < -0.3 is 10.2 Å². The van der Waals surface area contributed by atoms with Crippen molar-refractivity contribution in [1.29, 1.82) is 0 Å². The van der Waals surface area contributed by atoms with Crippen molar-refractivity contribution in [2.75, 3.05) is 12.4 Å². The molecule has 0 spiro atoms. The van der Waals surface area contributed by atoms with Gasteiger partial charge in [0.05, 0.1) is 0 Å². The van der Waals surface area contributed by atoms with Crippen LogP contribution in [0.5, 0.6) is 0 Å². The number of hydrogen-bond donors (Lipinski definition) is 1. The molecule has 1 aliphatic carbocycles. The summed E-state index contributed by atoms with van der Waals surface area (Å²) < 4.78 is 0. The molecule has 1 saturated carbocycles. The van der Waals surface area contributed by atoms with Crippen LogP contribution in [-0.2, 0) is 4.79 Å². The van der Waals surface area contributed by atoms with Gasteiger partial charge in [0.15, 0.2) is 0 Å². The van der Waals surface area contributed by atoms with E-state index in [9.17, 15) is 4.79 Å². The lowest BCUT2D eigenvalue weighted by Crippen LogP contribution is -2.40. The van der Waals surface area contributed by atoms with Crippen LogP contribution in [0, 0.1) is 0 Å². The molecule has 116 valence electrons. The largest absolute Gasteiger partial charge is 0.367 e. The van der Waals surface area contributed by atoms with Crippen molar-refractivity contribution in [3.63, 3.8) is 0 Å². The van der Waals surface area contributed by atoms with Crippen LogP contribution >= 0.6 is 0 Å². The Kier molecular flexibility index (Phi) is 5.15. The van der Waals surface area contributed by atoms with Crippen molar-refractivity contribution in [1.82, 2.24) is 14.9 Å². The van der Waals surface area contributed by atoms with Crippen LogP contribution in [0.1, 0.15) is 58.1 Å². The van der Waals surface area contributed by atoms with E-state index in [0.29, 0.717) is 18.0 Å². The summed E-state index contributed by atoms with van der Waals surface area (Å²) in [7, 11) is 1.90. The van der Waals surface area contributed by atoms with Crippen molar-refractivity contribution in [3.05, 3.63) is 18.1 Å². The molecular formula is C16H26N4O. The summed E-state index contributed by atoms with van der Waals surface area (Å²) in [6, 6.07) is 2.87. The normalized spacial score (nSPS) is 22.1. The molecule has 0 bridgehead atoms. The van der Waals surface area contributed by atoms with Crippen molar-refractivity contribution >= 4 is 11.7 Å². The summed E-state index contributed by atoms with van der Waals surface area (Å²) in [4.78, 5) is 21.9. The molecule has 5 heteroatoms. The topological polar surface area (TPSA) is 58.1 Å². The van der Waals surface area contributed by atoms with Gasteiger partial charge in [0.2, 0.25) is 5.91 Å². The van der Waals surface area contributed by atoms with Crippen LogP contribution in [0.3, 0.4) is 0 Å². The van der Waals surface area contributed by atoms with Gasteiger partial charge in [0.25, 0.3) is 0 Å². The third-order valence-electron chi connectivity index (χ3n) is 4.37. The zero-order valence-corrected chi connectivity index (χ0v) is 13.5. The Hall–Kier alpha value is -1.65. The Morgan fingerprint density at radius 1 is 1.29 bits per heavy atom. The number of amides is 1. The van der Waals surface area contributed by atoms with Crippen LogP contribution in [-0.4, -0.2) is 39.9 Å². The Balaban J connectivity index is 1.89. The third kappa shape index (κ3) is 4.16. The van der Waals surface area contributed by atoms with Gasteiger partial charge in [-0.25, -0.2) is 9.97 Å². The minimum absolute atomic E-state index is 0.156. The van der Waals surface area contributed by atoms with Crippen molar-refractivity contribution in [3.8, 4) is 0 Å². The van der Waals surface area contributed by atoms with Gasteiger partial charge in [0, 0.05) is 37.8 Å². The maximum absolute atomic E-state index is 11.4. The van der Waals surface area contributed by atoms with Crippen molar-refractivity contribution in [2.24, 2.45) is 0 Å². The van der Waals surface area contributed by atoms with Crippen LogP contribution < -0.4 is 5.32 Å². The molecule has 0 saturated heterocycles. The lowest BCUT2D eigenvalue weighted by atomic mass is 9.90. The molecule has 0 radical (unpaired) electrons. The standard InChI is InChI=1S/C16H26N4O/c1-11(2)15-9-16(18-10-17-15)19-13-5-7-14(8-6-13)20(4)12(3)21/h9-11,13-14H,5-8H2,1-4H3,(H,17,18,19). The van der Waals surface area contributed by atoms with Gasteiger partial charge in [0.1, 0.15) is 12.1 Å². The number of hydrogen-bond acceptors (Lipinski definition) is 4. The Morgan fingerprint density at radius 3 is 2.52 bits per heavy atom. The first-order valence-electron chi connectivity index (χ1n) is 7.79. The molecule has 0 aromatic carbocycles. The van der Waals surface area contributed by atoms with E-state index in [4.69, 9.17) is 0 Å². The van der Waals surface area contributed by atoms with Gasteiger partial charge in [-0.2, -0.15) is 0 Å². The fourth-order valence-corrected chi connectivity index (χ4v) is 2.84. The van der Waals surface area contributed by atoms with Crippen LogP contribution in [0.4, 0.5) is 5.82 Å². The lowest BCUT2D eigenvalue weighted by molar-refractivity contribution is -0.130. The van der Waals surface area contributed by atoms with E-state index in [2.05, 4.69) is 29.1 Å². The number of carbonyl (C=O) groups excluding carboxylic acids is 1. The fraction of sp³-hybridized carbons (Fsp3) is 0.688. The average Bonchev–Trinajstić information content (AvgIpc) is 2.47. The summed E-state index contributed by atoms with van der Waals surface area (Å²) in [5.41, 5.74) is 1.07. The SMILES string of the molecule is CC(=O)N(C)C1CCC(Nc2cc(C(C)C)ncn2)CC1. The highest BCUT2D eigenvalue weighted by Gasteiger charge is 2.25. The first kappa shape index (κ1) is 15.7. The number of anilines is 1. The van der Waals surface area contributed by atoms with Gasteiger partial charge >= 0.3 is 0 Å². The first-order valence-corrected chi connectivity index (χ1v) is 7.79. The van der Waals surface area contributed by atoms with E-state index < -0.39 is 0 Å². The molecule has 0 atom stereocenters. The van der Waals surface area contributed by atoms with Crippen molar-refractivity contribution in [2.45, 2.75) is 64.5 Å². The molecule has 1 aromatic heterocycles.